The Morgan fingerprint density at radius 1 is 1.33 bits per heavy atom. The molecule has 0 unspecified atom stereocenters. The van der Waals surface area contributed by atoms with Crippen LogP contribution in [0.1, 0.15) is 36.5 Å². The molecule has 2 rings (SSSR count). The molecule has 0 radical (unpaired) electrons. The van der Waals surface area contributed by atoms with Crippen LogP contribution in [0, 0.1) is 0 Å². The number of nitrogens with two attached hydrogens (primary N) is 1. The van der Waals surface area contributed by atoms with E-state index < -0.39 is 12.0 Å². The summed E-state index contributed by atoms with van der Waals surface area (Å²) in [6.45, 7) is 2.03. The molecule has 0 saturated heterocycles. The summed E-state index contributed by atoms with van der Waals surface area (Å²) in [7, 11) is 1.33. The molecule has 1 aromatic heterocycles. The molecule has 0 aliphatic carbocycles. The Hall–Kier alpha value is -2.34. The largest absolute Gasteiger partial charge is 0.467 e. The molecule has 24 heavy (non-hydrogen) atoms. The van der Waals surface area contributed by atoms with Crippen LogP contribution in [0.25, 0.3) is 10.4 Å². The fraction of sp³-hybridized carbons (Fsp3) is 0.333. The molecule has 0 aliphatic rings. The van der Waals surface area contributed by atoms with Crippen LogP contribution in [0.2, 0.25) is 0 Å². The summed E-state index contributed by atoms with van der Waals surface area (Å²) in [5, 5.41) is 4.73. The van der Waals surface area contributed by atoms with E-state index in [1.165, 1.54) is 18.4 Å². The van der Waals surface area contributed by atoms with Crippen LogP contribution in [0.4, 0.5) is 5.69 Å². The second-order valence-corrected chi connectivity index (χ2v) is 6.42. The van der Waals surface area contributed by atoms with Gasteiger partial charge in [-0.1, -0.05) is 25.8 Å². The summed E-state index contributed by atoms with van der Waals surface area (Å²) < 4.78 is 4.80. The molecule has 0 fully saturated rings. The number of methoxy groups -OCH3 is 1. The molecule has 5 nitrogen and oxygen atoms in total. The molecule has 0 spiro atoms. The molecule has 1 atom stereocenters. The number of amides is 1. The molecular weight excluding hydrogens is 324 g/mol. The van der Waals surface area contributed by atoms with Crippen molar-refractivity contribution in [1.82, 2.24) is 5.32 Å². The lowest BCUT2D eigenvalue weighted by atomic mass is 10.0. The van der Waals surface area contributed by atoms with E-state index in [2.05, 4.69) is 5.32 Å². The summed E-state index contributed by atoms with van der Waals surface area (Å²) in [6, 6.07) is 8.37. The summed E-state index contributed by atoms with van der Waals surface area (Å²) in [5.74, 6) is -0.727. The first-order valence-corrected chi connectivity index (χ1v) is 8.76. The van der Waals surface area contributed by atoms with Gasteiger partial charge in [0.1, 0.15) is 6.04 Å². The molecule has 1 aromatic carbocycles. The number of carbonyl (C=O) groups is 2. The number of thiophene rings is 1. The van der Waals surface area contributed by atoms with Gasteiger partial charge < -0.3 is 15.8 Å². The zero-order chi connectivity index (χ0) is 17.5. The Morgan fingerprint density at radius 2 is 2.12 bits per heavy atom. The Bertz CT molecular complexity index is 698. The van der Waals surface area contributed by atoms with Gasteiger partial charge >= 0.3 is 5.97 Å². The molecule has 0 saturated carbocycles. The average molecular weight is 346 g/mol. The minimum atomic E-state index is -0.642. The van der Waals surface area contributed by atoms with Gasteiger partial charge in [-0.3, -0.25) is 4.79 Å². The highest BCUT2D eigenvalue weighted by Gasteiger charge is 2.23. The van der Waals surface area contributed by atoms with Crippen molar-refractivity contribution in [3.63, 3.8) is 0 Å². The van der Waals surface area contributed by atoms with E-state index in [9.17, 15) is 9.59 Å². The van der Waals surface area contributed by atoms with Crippen LogP contribution in [-0.4, -0.2) is 25.0 Å². The molecule has 128 valence electrons. The number of nitrogen functional groups attached to an aromatic ring is 1. The highest BCUT2D eigenvalue weighted by Crippen LogP contribution is 2.30. The Labute approximate surface area is 145 Å². The van der Waals surface area contributed by atoms with Crippen LogP contribution < -0.4 is 11.1 Å². The lowest BCUT2D eigenvalue weighted by Gasteiger charge is -2.17. The monoisotopic (exact) mass is 346 g/mol. The zero-order valence-corrected chi connectivity index (χ0v) is 14.7. The van der Waals surface area contributed by atoms with Crippen LogP contribution in [-0.2, 0) is 9.53 Å². The van der Waals surface area contributed by atoms with Gasteiger partial charge in [-0.15, -0.1) is 11.3 Å². The number of carbonyl (C=O) groups excluding carboxylic acids is 2. The number of hydrogen-bond donors (Lipinski definition) is 2. The van der Waals surface area contributed by atoms with E-state index >= 15 is 0 Å². The van der Waals surface area contributed by atoms with Crippen molar-refractivity contribution in [3.8, 4) is 10.4 Å². The topological polar surface area (TPSA) is 81.4 Å². The van der Waals surface area contributed by atoms with Crippen molar-refractivity contribution in [3.05, 3.63) is 41.3 Å². The molecule has 0 aliphatic heterocycles. The minimum absolute atomic E-state index is 0.301. The van der Waals surface area contributed by atoms with Gasteiger partial charge in [0.25, 0.3) is 5.91 Å². The predicted octanol–water partition coefficient (Wildman–Crippen LogP) is 3.46. The summed E-state index contributed by atoms with van der Waals surface area (Å²) >= 11 is 1.53. The lowest BCUT2D eigenvalue weighted by molar-refractivity contribution is -0.143. The number of nitrogens with one attached hydrogen (secondary N) is 1. The average Bonchev–Trinajstić information content (AvgIpc) is 3.12. The van der Waals surface area contributed by atoms with E-state index in [0.29, 0.717) is 17.7 Å². The van der Waals surface area contributed by atoms with Crippen LogP contribution in [0.5, 0.6) is 0 Å². The maximum absolute atomic E-state index is 12.7. The summed E-state index contributed by atoms with van der Waals surface area (Å²) in [5.41, 5.74) is 7.72. The third kappa shape index (κ3) is 4.35. The van der Waals surface area contributed by atoms with E-state index in [1.807, 2.05) is 24.4 Å². The standard InChI is InChI=1S/C18H22N2O3S/c1-3-4-6-15(18(22)23-2)20-17(21)13-9-8-12(19)11-14(13)16-7-5-10-24-16/h5,7-11,15H,3-4,6,19H2,1-2H3,(H,20,21)/t15-/m0/s1. The van der Waals surface area contributed by atoms with Crippen molar-refractivity contribution >= 4 is 28.9 Å². The van der Waals surface area contributed by atoms with Crippen molar-refractivity contribution in [2.45, 2.75) is 32.2 Å². The second-order valence-electron chi connectivity index (χ2n) is 5.47. The zero-order valence-electron chi connectivity index (χ0n) is 13.9. The van der Waals surface area contributed by atoms with Crippen LogP contribution in [0.3, 0.4) is 0 Å². The number of esters is 1. The van der Waals surface area contributed by atoms with Gasteiger partial charge in [0.15, 0.2) is 0 Å². The molecule has 6 heteroatoms. The number of benzene rings is 1. The van der Waals surface area contributed by atoms with Crippen molar-refractivity contribution in [2.75, 3.05) is 12.8 Å². The number of hydrogen-bond acceptors (Lipinski definition) is 5. The van der Waals surface area contributed by atoms with Gasteiger partial charge in [-0.05, 0) is 36.1 Å². The van der Waals surface area contributed by atoms with E-state index in [4.69, 9.17) is 10.5 Å². The first-order valence-electron chi connectivity index (χ1n) is 7.89. The van der Waals surface area contributed by atoms with E-state index in [1.54, 1.807) is 18.2 Å². The third-order valence-corrected chi connectivity index (χ3v) is 4.62. The molecule has 0 bridgehead atoms. The first-order chi connectivity index (χ1) is 11.6. The van der Waals surface area contributed by atoms with Crippen molar-refractivity contribution in [2.24, 2.45) is 0 Å². The molecular formula is C18H22N2O3S. The molecule has 1 heterocycles. The lowest BCUT2D eigenvalue weighted by Crippen LogP contribution is -2.41. The summed E-state index contributed by atoms with van der Waals surface area (Å²) in [4.78, 5) is 25.6. The molecule has 1 amide bonds. The quantitative estimate of drug-likeness (QED) is 0.594. The van der Waals surface area contributed by atoms with Gasteiger partial charge in [0, 0.05) is 21.7 Å². The highest BCUT2D eigenvalue weighted by molar-refractivity contribution is 7.13. The van der Waals surface area contributed by atoms with Gasteiger partial charge in [0.2, 0.25) is 0 Å². The maximum atomic E-state index is 12.7. The Morgan fingerprint density at radius 3 is 2.75 bits per heavy atom. The minimum Gasteiger partial charge on any atom is -0.467 e. The Kier molecular flexibility index (Phi) is 6.37. The van der Waals surface area contributed by atoms with Gasteiger partial charge in [-0.2, -0.15) is 0 Å². The van der Waals surface area contributed by atoms with E-state index in [-0.39, 0.29) is 5.91 Å². The fourth-order valence-corrected chi connectivity index (χ4v) is 3.19. The normalized spacial score (nSPS) is 11.8. The fourth-order valence-electron chi connectivity index (χ4n) is 2.43. The number of unbranched alkanes of at least 4 members (excludes halogenated alkanes) is 1. The maximum Gasteiger partial charge on any atom is 0.328 e. The van der Waals surface area contributed by atoms with E-state index in [0.717, 1.165) is 23.3 Å². The number of anilines is 1. The SMILES string of the molecule is CCCC[C@H](NC(=O)c1ccc(N)cc1-c1cccs1)C(=O)OC. The predicted molar refractivity (Wildman–Crippen MR) is 97.0 cm³/mol. The van der Waals surface area contributed by atoms with Gasteiger partial charge in [0.05, 0.1) is 7.11 Å². The summed E-state index contributed by atoms with van der Waals surface area (Å²) in [6.07, 6.45) is 2.32. The van der Waals surface area contributed by atoms with Crippen molar-refractivity contribution in [1.29, 1.82) is 0 Å². The van der Waals surface area contributed by atoms with Crippen LogP contribution >= 0.6 is 11.3 Å². The Balaban J connectivity index is 2.27. The number of rotatable bonds is 7. The van der Waals surface area contributed by atoms with Crippen molar-refractivity contribution < 1.29 is 14.3 Å². The third-order valence-electron chi connectivity index (χ3n) is 3.71. The van der Waals surface area contributed by atoms with Gasteiger partial charge in [-0.25, -0.2) is 4.79 Å². The number of ether oxygens (including phenoxy) is 1. The second kappa shape index (κ2) is 8.49. The first kappa shape index (κ1) is 18.0. The molecule has 3 N–H and O–H groups in total. The highest BCUT2D eigenvalue weighted by atomic mass is 32.1. The van der Waals surface area contributed by atoms with Crippen LogP contribution in [0.15, 0.2) is 35.7 Å². The smallest absolute Gasteiger partial charge is 0.328 e. The molecule has 2 aromatic rings.